The van der Waals surface area contributed by atoms with Crippen LogP contribution in [0.25, 0.3) is 0 Å². The van der Waals surface area contributed by atoms with Gasteiger partial charge in [-0.05, 0) is 31.7 Å². The summed E-state index contributed by atoms with van der Waals surface area (Å²) in [6.45, 7) is 8.87. The molecule has 1 unspecified atom stereocenters. The summed E-state index contributed by atoms with van der Waals surface area (Å²) in [4.78, 5) is 4.58. The monoisotopic (exact) mass is 489 g/mol. The van der Waals surface area contributed by atoms with Crippen molar-refractivity contribution in [2.24, 2.45) is 10.9 Å². The molecule has 0 aromatic heterocycles. The smallest absolute Gasteiger partial charge is 0.191 e. The zero-order valence-corrected chi connectivity index (χ0v) is 18.4. The average Bonchev–Trinajstić information content (AvgIpc) is 3.47. The van der Waals surface area contributed by atoms with Gasteiger partial charge in [0, 0.05) is 25.3 Å². The van der Waals surface area contributed by atoms with Crippen LogP contribution in [0.3, 0.4) is 0 Å². The Kier molecular flexibility index (Phi) is 12.1. The van der Waals surface area contributed by atoms with E-state index in [9.17, 15) is 5.11 Å². The highest BCUT2D eigenvalue weighted by atomic mass is 127. The molecule has 0 spiro atoms. The molecule has 7 heteroatoms. The van der Waals surface area contributed by atoms with E-state index in [1.807, 2.05) is 31.2 Å². The minimum absolute atomic E-state index is 0. The first-order valence-corrected chi connectivity index (χ1v) is 9.32. The summed E-state index contributed by atoms with van der Waals surface area (Å²) in [6, 6.07) is 7.82. The summed E-state index contributed by atoms with van der Waals surface area (Å²) in [5.41, 5.74) is 1.000. The van der Waals surface area contributed by atoms with Gasteiger partial charge in [0.25, 0.3) is 0 Å². The molecule has 0 bridgehead atoms. The van der Waals surface area contributed by atoms with Gasteiger partial charge in [-0.25, -0.2) is 4.99 Å². The maximum atomic E-state index is 10.0. The van der Waals surface area contributed by atoms with Gasteiger partial charge < -0.3 is 25.2 Å². The predicted molar refractivity (Wildman–Crippen MR) is 120 cm³/mol. The van der Waals surface area contributed by atoms with Gasteiger partial charge in [0.05, 0.1) is 19.3 Å². The van der Waals surface area contributed by atoms with E-state index in [0.29, 0.717) is 38.2 Å². The summed E-state index contributed by atoms with van der Waals surface area (Å²) >= 11 is 0. The number of hydrogen-bond acceptors (Lipinski definition) is 4. The van der Waals surface area contributed by atoms with Gasteiger partial charge in [-0.15, -0.1) is 24.0 Å². The fourth-order valence-electron chi connectivity index (χ4n) is 2.36. The Morgan fingerprint density at radius 2 is 2.15 bits per heavy atom. The first kappa shape index (κ1) is 23.7. The van der Waals surface area contributed by atoms with Crippen LogP contribution in [0.5, 0.6) is 5.75 Å². The molecule has 1 atom stereocenters. The Morgan fingerprint density at radius 1 is 1.37 bits per heavy atom. The van der Waals surface area contributed by atoms with Gasteiger partial charge in [-0.1, -0.05) is 30.9 Å². The van der Waals surface area contributed by atoms with Gasteiger partial charge in [0.2, 0.25) is 0 Å². The van der Waals surface area contributed by atoms with Crippen molar-refractivity contribution in [1.29, 1.82) is 0 Å². The second-order valence-electron chi connectivity index (χ2n) is 6.42. The van der Waals surface area contributed by atoms with Crippen molar-refractivity contribution in [3.05, 3.63) is 42.5 Å². The number of nitrogens with zero attached hydrogens (tertiary/aromatic N) is 1. The lowest BCUT2D eigenvalue weighted by Gasteiger charge is -2.16. The predicted octanol–water partition coefficient (Wildman–Crippen LogP) is 2.71. The molecule has 1 fully saturated rings. The van der Waals surface area contributed by atoms with E-state index in [-0.39, 0.29) is 24.0 Å². The molecule has 27 heavy (non-hydrogen) atoms. The van der Waals surface area contributed by atoms with E-state index in [4.69, 9.17) is 9.47 Å². The van der Waals surface area contributed by atoms with Crippen LogP contribution in [-0.2, 0) is 11.3 Å². The number of aliphatic hydroxyl groups excluding tert-OH is 1. The molecule has 152 valence electrons. The molecule has 0 aliphatic heterocycles. The molecular formula is C20H32IN3O3. The molecule has 1 aliphatic rings. The van der Waals surface area contributed by atoms with Crippen LogP contribution < -0.4 is 15.4 Å². The first-order chi connectivity index (χ1) is 12.7. The third kappa shape index (κ3) is 9.97. The van der Waals surface area contributed by atoms with Gasteiger partial charge in [-0.2, -0.15) is 0 Å². The van der Waals surface area contributed by atoms with Gasteiger partial charge in [-0.3, -0.25) is 0 Å². The Balaban J connectivity index is 0.00000364. The standard InChI is InChI=1S/C20H31N3O3.HI/c1-3-11-26-19-8-6-5-7-17(19)12-22-20(21-4-2)23-13-18(24)15-25-14-16-9-10-16;/h3,5-8,16,18,24H,1,4,9-15H2,2H3,(H2,21,22,23);1H. The summed E-state index contributed by atoms with van der Waals surface area (Å²) in [7, 11) is 0. The molecule has 1 aliphatic carbocycles. The van der Waals surface area contributed by atoms with Crippen LogP contribution in [-0.4, -0.2) is 50.1 Å². The number of nitrogens with one attached hydrogen (secondary N) is 2. The van der Waals surface area contributed by atoms with Crippen molar-refractivity contribution in [2.45, 2.75) is 32.4 Å². The van der Waals surface area contributed by atoms with E-state index < -0.39 is 6.10 Å². The lowest BCUT2D eigenvalue weighted by Crippen LogP contribution is -2.42. The molecule has 1 aromatic rings. The molecule has 0 radical (unpaired) electrons. The second-order valence-corrected chi connectivity index (χ2v) is 6.42. The number of ether oxygens (including phenoxy) is 2. The number of aliphatic imine (C=N–C) groups is 1. The first-order valence-electron chi connectivity index (χ1n) is 9.32. The Labute approximate surface area is 179 Å². The molecule has 0 saturated heterocycles. The molecule has 0 amide bonds. The van der Waals surface area contributed by atoms with Gasteiger partial charge in [0.1, 0.15) is 12.4 Å². The summed E-state index contributed by atoms with van der Waals surface area (Å²) in [5, 5.41) is 16.4. The van der Waals surface area contributed by atoms with Crippen LogP contribution in [0.2, 0.25) is 0 Å². The molecule has 0 heterocycles. The minimum Gasteiger partial charge on any atom is -0.489 e. The largest absolute Gasteiger partial charge is 0.489 e. The zero-order chi connectivity index (χ0) is 18.6. The van der Waals surface area contributed by atoms with Crippen molar-refractivity contribution in [3.63, 3.8) is 0 Å². The van der Waals surface area contributed by atoms with Crippen LogP contribution in [0.15, 0.2) is 41.9 Å². The molecule has 1 aromatic carbocycles. The maximum Gasteiger partial charge on any atom is 0.191 e. The number of rotatable bonds is 12. The maximum absolute atomic E-state index is 10.0. The normalized spacial score (nSPS) is 14.8. The second kappa shape index (κ2) is 13.8. The Hall–Kier alpha value is -1.32. The van der Waals surface area contributed by atoms with E-state index in [1.165, 1.54) is 12.8 Å². The van der Waals surface area contributed by atoms with E-state index in [0.717, 1.165) is 24.5 Å². The van der Waals surface area contributed by atoms with Crippen molar-refractivity contribution in [3.8, 4) is 5.75 Å². The molecule has 6 nitrogen and oxygen atoms in total. The van der Waals surface area contributed by atoms with Gasteiger partial charge >= 0.3 is 0 Å². The summed E-state index contributed by atoms with van der Waals surface area (Å²) in [6.07, 6.45) is 3.67. The quantitative estimate of drug-likeness (QED) is 0.182. The number of aliphatic hydroxyl groups is 1. The van der Waals surface area contributed by atoms with Crippen molar-refractivity contribution < 1.29 is 14.6 Å². The summed E-state index contributed by atoms with van der Waals surface area (Å²) < 4.78 is 11.2. The van der Waals surface area contributed by atoms with E-state index in [2.05, 4.69) is 22.2 Å². The van der Waals surface area contributed by atoms with Crippen LogP contribution >= 0.6 is 24.0 Å². The number of para-hydroxylation sites is 1. The van der Waals surface area contributed by atoms with E-state index in [1.54, 1.807) is 6.08 Å². The molecular weight excluding hydrogens is 457 g/mol. The van der Waals surface area contributed by atoms with Crippen molar-refractivity contribution in [2.75, 3.05) is 32.9 Å². The Morgan fingerprint density at radius 3 is 2.85 bits per heavy atom. The fourth-order valence-corrected chi connectivity index (χ4v) is 2.36. The molecule has 1 saturated carbocycles. The highest BCUT2D eigenvalue weighted by Crippen LogP contribution is 2.28. The molecule has 2 rings (SSSR count). The topological polar surface area (TPSA) is 75.1 Å². The third-order valence-electron chi connectivity index (χ3n) is 3.95. The summed E-state index contributed by atoms with van der Waals surface area (Å²) in [5.74, 6) is 2.17. The van der Waals surface area contributed by atoms with Crippen molar-refractivity contribution >= 4 is 29.9 Å². The number of halogens is 1. The van der Waals surface area contributed by atoms with Crippen LogP contribution in [0.4, 0.5) is 0 Å². The lowest BCUT2D eigenvalue weighted by molar-refractivity contribution is 0.0345. The highest BCUT2D eigenvalue weighted by molar-refractivity contribution is 14.0. The van der Waals surface area contributed by atoms with Crippen LogP contribution in [0.1, 0.15) is 25.3 Å². The average molecular weight is 489 g/mol. The fraction of sp³-hybridized carbons (Fsp3) is 0.550. The third-order valence-corrected chi connectivity index (χ3v) is 3.95. The highest BCUT2D eigenvalue weighted by Gasteiger charge is 2.21. The SMILES string of the molecule is C=CCOc1ccccc1CN=C(NCC)NCC(O)COCC1CC1.I. The molecule has 3 N–H and O–H groups in total. The van der Waals surface area contributed by atoms with E-state index >= 15 is 0 Å². The lowest BCUT2D eigenvalue weighted by atomic mass is 10.2. The number of guanidine groups is 1. The van der Waals surface area contributed by atoms with Crippen molar-refractivity contribution in [1.82, 2.24) is 10.6 Å². The minimum atomic E-state index is -0.555. The number of hydrogen-bond donors (Lipinski definition) is 3. The number of benzene rings is 1. The Bertz CT molecular complexity index is 579. The van der Waals surface area contributed by atoms with Gasteiger partial charge in [0.15, 0.2) is 5.96 Å². The van der Waals surface area contributed by atoms with Crippen LogP contribution in [0, 0.1) is 5.92 Å². The zero-order valence-electron chi connectivity index (χ0n) is 16.0.